The molecule has 0 bridgehead atoms. The Bertz CT molecular complexity index is 701. The summed E-state index contributed by atoms with van der Waals surface area (Å²) in [5.74, 6) is -0.417. The molecule has 1 aromatic carbocycles. The SMILES string of the molecule is N[C@@H](CC(=O)N1CCn2nccc21)Cc1cc(F)ccc1F. The molecule has 1 aromatic heterocycles. The number of aromatic nitrogens is 2. The maximum absolute atomic E-state index is 13.6. The summed E-state index contributed by atoms with van der Waals surface area (Å²) < 4.78 is 28.5. The Morgan fingerprint density at radius 1 is 1.32 bits per heavy atom. The zero-order valence-electron chi connectivity index (χ0n) is 11.9. The molecule has 7 heteroatoms. The fourth-order valence-electron chi connectivity index (χ4n) is 2.68. The Balaban J connectivity index is 1.64. The molecule has 0 aliphatic carbocycles. The summed E-state index contributed by atoms with van der Waals surface area (Å²) in [7, 11) is 0. The van der Waals surface area contributed by atoms with E-state index in [-0.39, 0.29) is 24.3 Å². The smallest absolute Gasteiger partial charge is 0.229 e. The highest BCUT2D eigenvalue weighted by atomic mass is 19.1. The van der Waals surface area contributed by atoms with Gasteiger partial charge in [-0.1, -0.05) is 0 Å². The van der Waals surface area contributed by atoms with Gasteiger partial charge in [-0.15, -0.1) is 0 Å². The van der Waals surface area contributed by atoms with E-state index in [1.165, 1.54) is 0 Å². The number of amides is 1. The van der Waals surface area contributed by atoms with Crippen molar-refractivity contribution >= 4 is 11.7 Å². The van der Waals surface area contributed by atoms with Crippen molar-refractivity contribution in [2.24, 2.45) is 5.73 Å². The van der Waals surface area contributed by atoms with E-state index in [0.717, 1.165) is 24.0 Å². The van der Waals surface area contributed by atoms with Crippen molar-refractivity contribution < 1.29 is 13.6 Å². The van der Waals surface area contributed by atoms with Gasteiger partial charge >= 0.3 is 0 Å². The topological polar surface area (TPSA) is 64.2 Å². The number of benzene rings is 1. The number of carbonyl (C=O) groups is 1. The van der Waals surface area contributed by atoms with E-state index in [2.05, 4.69) is 5.10 Å². The first-order valence-corrected chi connectivity index (χ1v) is 7.06. The van der Waals surface area contributed by atoms with Gasteiger partial charge in [0.25, 0.3) is 0 Å². The van der Waals surface area contributed by atoms with Crippen molar-refractivity contribution in [3.63, 3.8) is 0 Å². The van der Waals surface area contributed by atoms with Crippen LogP contribution < -0.4 is 10.6 Å². The summed E-state index contributed by atoms with van der Waals surface area (Å²) in [6.07, 6.45) is 1.82. The summed E-state index contributed by atoms with van der Waals surface area (Å²) in [5, 5.41) is 4.10. The summed E-state index contributed by atoms with van der Waals surface area (Å²) in [4.78, 5) is 13.9. The standard InChI is InChI=1S/C15H16F2N4O/c16-11-1-2-13(17)10(7-11)8-12(18)9-15(22)20-5-6-21-14(20)3-4-19-21/h1-4,7,12H,5-6,8-9,18H2/t12-/m1/s1. The molecule has 0 radical (unpaired) electrons. The second kappa shape index (κ2) is 5.84. The van der Waals surface area contributed by atoms with Gasteiger partial charge in [0.15, 0.2) is 0 Å². The normalized spacial score (nSPS) is 15.0. The summed E-state index contributed by atoms with van der Waals surface area (Å²) in [6, 6.07) is 4.44. The van der Waals surface area contributed by atoms with E-state index in [9.17, 15) is 13.6 Å². The maximum atomic E-state index is 13.6. The average Bonchev–Trinajstić information content (AvgIpc) is 3.05. The number of nitrogens with two attached hydrogens (primary N) is 1. The number of fused-ring (bicyclic) bond motifs is 1. The van der Waals surface area contributed by atoms with E-state index in [0.29, 0.717) is 13.1 Å². The monoisotopic (exact) mass is 306 g/mol. The number of hydrogen-bond acceptors (Lipinski definition) is 3. The first-order chi connectivity index (χ1) is 10.5. The fraction of sp³-hybridized carbons (Fsp3) is 0.333. The summed E-state index contributed by atoms with van der Waals surface area (Å²) >= 11 is 0. The van der Waals surface area contributed by atoms with Crippen LogP contribution in [0.25, 0.3) is 0 Å². The molecule has 2 heterocycles. The van der Waals surface area contributed by atoms with Gasteiger partial charge in [-0.05, 0) is 30.2 Å². The Morgan fingerprint density at radius 3 is 2.95 bits per heavy atom. The van der Waals surface area contributed by atoms with Gasteiger partial charge in [0, 0.05) is 25.1 Å². The number of carbonyl (C=O) groups excluding carboxylic acids is 1. The van der Waals surface area contributed by atoms with Crippen molar-refractivity contribution in [1.29, 1.82) is 0 Å². The largest absolute Gasteiger partial charge is 0.327 e. The molecule has 22 heavy (non-hydrogen) atoms. The first-order valence-electron chi connectivity index (χ1n) is 7.06. The lowest BCUT2D eigenvalue weighted by Crippen LogP contribution is -2.36. The molecule has 1 aliphatic rings. The Hall–Kier alpha value is -2.28. The molecule has 0 saturated heterocycles. The van der Waals surface area contributed by atoms with Crippen molar-refractivity contribution in [2.45, 2.75) is 25.4 Å². The van der Waals surface area contributed by atoms with Crippen LogP contribution in [-0.4, -0.2) is 28.3 Å². The van der Waals surface area contributed by atoms with E-state index in [1.807, 2.05) is 0 Å². The van der Waals surface area contributed by atoms with Gasteiger partial charge in [0.05, 0.1) is 12.7 Å². The van der Waals surface area contributed by atoms with Gasteiger partial charge in [-0.3, -0.25) is 9.69 Å². The zero-order valence-corrected chi connectivity index (χ0v) is 11.9. The molecular weight excluding hydrogens is 290 g/mol. The molecule has 0 saturated carbocycles. The molecule has 1 aliphatic heterocycles. The van der Waals surface area contributed by atoms with Crippen LogP contribution in [0.3, 0.4) is 0 Å². The molecule has 0 fully saturated rings. The second-order valence-corrected chi connectivity index (χ2v) is 5.36. The van der Waals surface area contributed by atoms with Crippen LogP contribution in [0, 0.1) is 11.6 Å². The molecule has 1 atom stereocenters. The van der Waals surface area contributed by atoms with Crippen LogP contribution in [-0.2, 0) is 17.8 Å². The van der Waals surface area contributed by atoms with Crippen LogP contribution in [0.4, 0.5) is 14.6 Å². The quantitative estimate of drug-likeness (QED) is 0.930. The Labute approximate surface area is 126 Å². The van der Waals surface area contributed by atoms with Crippen LogP contribution in [0.1, 0.15) is 12.0 Å². The van der Waals surface area contributed by atoms with Crippen LogP contribution in [0.2, 0.25) is 0 Å². The van der Waals surface area contributed by atoms with E-state index in [1.54, 1.807) is 21.8 Å². The fourth-order valence-corrected chi connectivity index (χ4v) is 2.68. The Morgan fingerprint density at radius 2 is 2.14 bits per heavy atom. The second-order valence-electron chi connectivity index (χ2n) is 5.36. The number of anilines is 1. The highest BCUT2D eigenvalue weighted by Crippen LogP contribution is 2.21. The molecule has 116 valence electrons. The minimum Gasteiger partial charge on any atom is -0.327 e. The molecule has 3 rings (SSSR count). The molecule has 5 nitrogen and oxygen atoms in total. The maximum Gasteiger partial charge on any atom is 0.229 e. The lowest BCUT2D eigenvalue weighted by molar-refractivity contribution is -0.118. The van der Waals surface area contributed by atoms with Crippen molar-refractivity contribution in [2.75, 3.05) is 11.4 Å². The lowest BCUT2D eigenvalue weighted by Gasteiger charge is -2.18. The summed E-state index contributed by atoms with van der Waals surface area (Å²) in [5.41, 5.74) is 6.12. The summed E-state index contributed by atoms with van der Waals surface area (Å²) in [6.45, 7) is 1.21. The predicted octanol–water partition coefficient (Wildman–Crippen LogP) is 1.47. The zero-order chi connectivity index (χ0) is 15.7. The predicted molar refractivity (Wildman–Crippen MR) is 77.2 cm³/mol. The highest BCUT2D eigenvalue weighted by Gasteiger charge is 2.26. The first kappa shape index (κ1) is 14.6. The lowest BCUT2D eigenvalue weighted by atomic mass is 10.0. The highest BCUT2D eigenvalue weighted by molar-refractivity contribution is 5.93. The van der Waals surface area contributed by atoms with Crippen LogP contribution in [0.5, 0.6) is 0 Å². The third-order valence-electron chi connectivity index (χ3n) is 3.73. The number of halogens is 2. The van der Waals surface area contributed by atoms with Crippen LogP contribution >= 0.6 is 0 Å². The number of nitrogens with zero attached hydrogens (tertiary/aromatic N) is 3. The molecule has 1 amide bonds. The van der Waals surface area contributed by atoms with Gasteiger partial charge < -0.3 is 5.73 Å². The van der Waals surface area contributed by atoms with E-state index in [4.69, 9.17) is 5.73 Å². The molecule has 2 aromatic rings. The van der Waals surface area contributed by atoms with Gasteiger partial charge in [0.2, 0.25) is 5.91 Å². The van der Waals surface area contributed by atoms with Gasteiger partial charge in [-0.2, -0.15) is 5.10 Å². The van der Waals surface area contributed by atoms with Crippen molar-refractivity contribution in [3.05, 3.63) is 47.7 Å². The van der Waals surface area contributed by atoms with Gasteiger partial charge in [0.1, 0.15) is 17.5 Å². The molecule has 0 spiro atoms. The molecule has 0 unspecified atom stereocenters. The van der Waals surface area contributed by atoms with Gasteiger partial charge in [-0.25, -0.2) is 13.5 Å². The van der Waals surface area contributed by atoms with Crippen LogP contribution in [0.15, 0.2) is 30.5 Å². The van der Waals surface area contributed by atoms with Crippen molar-refractivity contribution in [3.8, 4) is 0 Å². The minimum atomic E-state index is -0.569. The molecule has 2 N–H and O–H groups in total. The van der Waals surface area contributed by atoms with Crippen molar-refractivity contribution in [1.82, 2.24) is 9.78 Å². The third-order valence-corrected chi connectivity index (χ3v) is 3.73. The van der Waals surface area contributed by atoms with E-state index < -0.39 is 17.7 Å². The third kappa shape index (κ3) is 2.85. The minimum absolute atomic E-state index is 0.0706. The van der Waals surface area contributed by atoms with E-state index >= 15 is 0 Å². The number of hydrogen-bond donors (Lipinski definition) is 1. The average molecular weight is 306 g/mol. The Kier molecular flexibility index (Phi) is 3.89. The molecular formula is C15H16F2N4O. The number of rotatable bonds is 4.